The van der Waals surface area contributed by atoms with Gasteiger partial charge in [-0.05, 0) is 34.2 Å². The summed E-state index contributed by atoms with van der Waals surface area (Å²) in [6, 6.07) is 7.12. The van der Waals surface area contributed by atoms with E-state index < -0.39 is 12.0 Å². The Kier molecular flexibility index (Phi) is 6.27. The van der Waals surface area contributed by atoms with Crippen molar-refractivity contribution in [3.8, 4) is 0 Å². The van der Waals surface area contributed by atoms with Crippen LogP contribution in [0.1, 0.15) is 19.4 Å². The quantitative estimate of drug-likeness (QED) is 0.634. The summed E-state index contributed by atoms with van der Waals surface area (Å²) in [4.78, 5) is 23.5. The molecule has 1 atom stereocenters. The van der Waals surface area contributed by atoms with Gasteiger partial charge in [0.2, 0.25) is 5.91 Å². The van der Waals surface area contributed by atoms with Crippen LogP contribution in [0.25, 0.3) is 0 Å². The molecule has 0 unspecified atom stereocenters. The summed E-state index contributed by atoms with van der Waals surface area (Å²) in [7, 11) is 1.33. The fraction of sp³-hybridized carbons (Fsp3) is 0.429. The zero-order valence-corrected chi connectivity index (χ0v) is 13.4. The Morgan fingerprint density at radius 3 is 2.47 bits per heavy atom. The molecule has 0 spiro atoms. The number of hydrogen-bond donors (Lipinski definition) is 1. The molecular weight excluding hydrogens is 357 g/mol. The smallest absolute Gasteiger partial charge is 0.328 e. The first-order valence-electron chi connectivity index (χ1n) is 6.07. The third-order valence-electron chi connectivity index (χ3n) is 2.71. The van der Waals surface area contributed by atoms with E-state index in [1.807, 2.05) is 24.3 Å². The van der Waals surface area contributed by atoms with Crippen LogP contribution in [0.15, 0.2) is 24.3 Å². The number of rotatable bonds is 5. The normalized spacial score (nSPS) is 12.1. The highest BCUT2D eigenvalue weighted by molar-refractivity contribution is 14.1. The highest BCUT2D eigenvalue weighted by Gasteiger charge is 2.23. The molecule has 1 N–H and O–H groups in total. The average molecular weight is 375 g/mol. The summed E-state index contributed by atoms with van der Waals surface area (Å²) in [5.74, 6) is -0.739. The number of esters is 1. The molecule has 5 heteroatoms. The summed E-state index contributed by atoms with van der Waals surface area (Å²) in [6.45, 7) is 3.58. The molecule has 0 bridgehead atoms. The van der Waals surface area contributed by atoms with Crippen molar-refractivity contribution in [2.24, 2.45) is 5.92 Å². The van der Waals surface area contributed by atoms with Crippen LogP contribution in [0.3, 0.4) is 0 Å². The van der Waals surface area contributed by atoms with Gasteiger partial charge < -0.3 is 10.1 Å². The van der Waals surface area contributed by atoms with Gasteiger partial charge in [0, 0.05) is 15.9 Å². The summed E-state index contributed by atoms with van der Waals surface area (Å²) in [5.41, 5.74) is 1.02. The molecule has 1 aromatic carbocycles. The number of halogens is 1. The summed E-state index contributed by atoms with van der Waals surface area (Å²) in [5, 5.41) is 2.73. The molecule has 0 aliphatic rings. The lowest BCUT2D eigenvalue weighted by atomic mass is 10.1. The molecule has 0 saturated carbocycles. The van der Waals surface area contributed by atoms with Crippen LogP contribution in [0.2, 0.25) is 0 Å². The number of carbonyl (C=O) groups is 2. The molecule has 0 aromatic heterocycles. The van der Waals surface area contributed by atoms with Crippen molar-refractivity contribution in [2.45, 2.75) is 26.3 Å². The van der Waals surface area contributed by atoms with Gasteiger partial charge in [-0.1, -0.05) is 32.0 Å². The lowest BCUT2D eigenvalue weighted by molar-refractivity contribution is -0.145. The van der Waals surface area contributed by atoms with Gasteiger partial charge in [-0.3, -0.25) is 4.79 Å². The minimum absolute atomic E-state index is 0.152. The molecule has 0 heterocycles. The Morgan fingerprint density at radius 2 is 1.95 bits per heavy atom. The first kappa shape index (κ1) is 15.9. The van der Waals surface area contributed by atoms with E-state index in [9.17, 15) is 9.59 Å². The maximum Gasteiger partial charge on any atom is 0.328 e. The van der Waals surface area contributed by atoms with E-state index in [0.717, 1.165) is 9.13 Å². The number of carbonyl (C=O) groups excluding carboxylic acids is 2. The van der Waals surface area contributed by atoms with Gasteiger partial charge in [-0.25, -0.2) is 4.79 Å². The first-order valence-corrected chi connectivity index (χ1v) is 7.15. The Bertz CT molecular complexity index is 460. The molecule has 1 aromatic rings. The number of methoxy groups -OCH3 is 1. The van der Waals surface area contributed by atoms with Gasteiger partial charge in [-0.2, -0.15) is 0 Å². The van der Waals surface area contributed by atoms with Gasteiger partial charge in [-0.15, -0.1) is 0 Å². The zero-order chi connectivity index (χ0) is 14.4. The second kappa shape index (κ2) is 7.47. The van der Waals surface area contributed by atoms with Gasteiger partial charge in [0.1, 0.15) is 6.04 Å². The number of hydrogen-bond acceptors (Lipinski definition) is 3. The molecule has 0 aliphatic heterocycles. The molecular formula is C14H18INO3. The Hall–Kier alpha value is -1.11. The number of benzene rings is 1. The predicted octanol–water partition coefficient (Wildman–Crippen LogP) is 2.15. The van der Waals surface area contributed by atoms with Crippen molar-refractivity contribution in [1.29, 1.82) is 0 Å². The monoisotopic (exact) mass is 375 g/mol. The predicted molar refractivity (Wildman–Crippen MR) is 81.6 cm³/mol. The minimum Gasteiger partial charge on any atom is -0.467 e. The minimum atomic E-state index is -0.643. The Morgan fingerprint density at radius 1 is 1.32 bits per heavy atom. The van der Waals surface area contributed by atoms with Gasteiger partial charge in [0.05, 0.1) is 7.11 Å². The van der Waals surface area contributed by atoms with E-state index in [4.69, 9.17) is 4.74 Å². The van der Waals surface area contributed by atoms with Crippen LogP contribution in [0.4, 0.5) is 0 Å². The van der Waals surface area contributed by atoms with Crippen molar-refractivity contribution in [1.82, 2.24) is 5.32 Å². The van der Waals surface area contributed by atoms with E-state index in [1.54, 1.807) is 13.8 Å². The van der Waals surface area contributed by atoms with Crippen molar-refractivity contribution >= 4 is 34.5 Å². The second-order valence-corrected chi connectivity index (χ2v) is 5.70. The standard InChI is InChI=1S/C14H18INO3/c1-9(2)13(17)16-12(14(18)19-3)8-10-6-4-5-7-11(10)15/h4-7,9,12H,8H2,1-3H3,(H,16,17)/t12-/m0/s1. The molecule has 0 fully saturated rings. The third kappa shape index (κ3) is 4.81. The molecule has 104 valence electrons. The SMILES string of the molecule is COC(=O)[C@H](Cc1ccccc1I)NC(=O)C(C)C. The Labute approximate surface area is 127 Å². The Balaban J connectivity index is 2.84. The van der Waals surface area contributed by atoms with Crippen molar-refractivity contribution in [3.05, 3.63) is 33.4 Å². The topological polar surface area (TPSA) is 55.4 Å². The molecule has 0 radical (unpaired) electrons. The fourth-order valence-corrected chi connectivity index (χ4v) is 2.17. The lowest BCUT2D eigenvalue weighted by Crippen LogP contribution is -2.44. The van der Waals surface area contributed by atoms with Crippen molar-refractivity contribution in [2.75, 3.05) is 7.11 Å². The number of nitrogens with one attached hydrogen (secondary N) is 1. The van der Waals surface area contributed by atoms with E-state index in [2.05, 4.69) is 27.9 Å². The van der Waals surface area contributed by atoms with Crippen LogP contribution < -0.4 is 5.32 Å². The van der Waals surface area contributed by atoms with E-state index in [0.29, 0.717) is 6.42 Å². The average Bonchev–Trinajstić information content (AvgIpc) is 2.39. The third-order valence-corrected chi connectivity index (χ3v) is 3.76. The molecule has 1 rings (SSSR count). The lowest BCUT2D eigenvalue weighted by Gasteiger charge is -2.18. The van der Waals surface area contributed by atoms with Crippen LogP contribution in [-0.2, 0) is 20.7 Å². The van der Waals surface area contributed by atoms with Crippen LogP contribution in [-0.4, -0.2) is 25.0 Å². The fourth-order valence-electron chi connectivity index (χ4n) is 1.56. The number of ether oxygens (including phenoxy) is 1. The maximum absolute atomic E-state index is 11.7. The van der Waals surface area contributed by atoms with E-state index in [1.165, 1.54) is 7.11 Å². The first-order chi connectivity index (χ1) is 8.95. The summed E-state index contributed by atoms with van der Waals surface area (Å²) < 4.78 is 5.81. The van der Waals surface area contributed by atoms with Crippen LogP contribution in [0, 0.1) is 9.49 Å². The highest BCUT2D eigenvalue weighted by atomic mass is 127. The molecule has 4 nitrogen and oxygen atoms in total. The van der Waals surface area contributed by atoms with Crippen LogP contribution in [0.5, 0.6) is 0 Å². The van der Waals surface area contributed by atoms with E-state index >= 15 is 0 Å². The maximum atomic E-state index is 11.7. The zero-order valence-electron chi connectivity index (χ0n) is 11.3. The summed E-state index contributed by atoms with van der Waals surface area (Å²) >= 11 is 2.21. The number of amides is 1. The van der Waals surface area contributed by atoms with Crippen molar-refractivity contribution in [3.63, 3.8) is 0 Å². The van der Waals surface area contributed by atoms with E-state index in [-0.39, 0.29) is 11.8 Å². The van der Waals surface area contributed by atoms with Gasteiger partial charge in [0.25, 0.3) is 0 Å². The molecule has 1 amide bonds. The largest absolute Gasteiger partial charge is 0.467 e. The highest BCUT2D eigenvalue weighted by Crippen LogP contribution is 2.14. The van der Waals surface area contributed by atoms with Gasteiger partial charge in [0.15, 0.2) is 0 Å². The molecule has 19 heavy (non-hydrogen) atoms. The molecule has 0 saturated heterocycles. The summed E-state index contributed by atoms with van der Waals surface area (Å²) in [6.07, 6.45) is 0.435. The molecule has 0 aliphatic carbocycles. The van der Waals surface area contributed by atoms with Crippen molar-refractivity contribution < 1.29 is 14.3 Å². The van der Waals surface area contributed by atoms with Gasteiger partial charge >= 0.3 is 5.97 Å². The second-order valence-electron chi connectivity index (χ2n) is 4.53. The van der Waals surface area contributed by atoms with Crippen LogP contribution >= 0.6 is 22.6 Å².